The van der Waals surface area contributed by atoms with Crippen molar-refractivity contribution in [3.05, 3.63) is 33.7 Å². The van der Waals surface area contributed by atoms with Gasteiger partial charge in [0.1, 0.15) is 10.7 Å². The van der Waals surface area contributed by atoms with Gasteiger partial charge in [-0.3, -0.25) is 9.59 Å². The summed E-state index contributed by atoms with van der Waals surface area (Å²) in [5.41, 5.74) is 3.21. The monoisotopic (exact) mass is 402 g/mol. The molecule has 2 aromatic rings. The lowest BCUT2D eigenvalue weighted by Crippen LogP contribution is -2.39. The Hall–Kier alpha value is -2.55. The summed E-state index contributed by atoms with van der Waals surface area (Å²) in [6.07, 6.45) is 2.80. The highest BCUT2D eigenvalue weighted by molar-refractivity contribution is 7.11. The maximum atomic E-state index is 13.1. The summed E-state index contributed by atoms with van der Waals surface area (Å²) in [5.74, 6) is 1.27. The summed E-state index contributed by atoms with van der Waals surface area (Å²) < 4.78 is 0. The third-order valence-electron chi connectivity index (χ3n) is 4.99. The predicted octanol–water partition coefficient (Wildman–Crippen LogP) is 2.63. The summed E-state index contributed by atoms with van der Waals surface area (Å²) in [6, 6.07) is 1.66. The number of piperidine rings is 1. The number of nitrogens with one attached hydrogen (secondary N) is 1. The largest absolute Gasteiger partial charge is 0.373 e. The molecule has 1 saturated heterocycles. The summed E-state index contributed by atoms with van der Waals surface area (Å²) in [7, 11) is 3.54. The Bertz CT molecular complexity index is 868. The Labute approximate surface area is 169 Å². The zero-order chi connectivity index (χ0) is 20.3. The van der Waals surface area contributed by atoms with Gasteiger partial charge in [0.25, 0.3) is 5.91 Å². The Kier molecular flexibility index (Phi) is 6.23. The van der Waals surface area contributed by atoms with Crippen LogP contribution in [0.4, 0.5) is 5.82 Å². The van der Waals surface area contributed by atoms with Gasteiger partial charge in [0.2, 0.25) is 5.91 Å². The van der Waals surface area contributed by atoms with E-state index in [1.54, 1.807) is 24.5 Å². The number of rotatable bonds is 5. The van der Waals surface area contributed by atoms with Crippen LogP contribution in [-0.4, -0.2) is 57.2 Å². The van der Waals surface area contributed by atoms with Gasteiger partial charge in [-0.05, 0) is 26.2 Å². The van der Waals surface area contributed by atoms with Crippen molar-refractivity contribution in [3.63, 3.8) is 0 Å². The van der Waals surface area contributed by atoms with Crippen LogP contribution in [0.15, 0.2) is 11.6 Å². The van der Waals surface area contributed by atoms with Crippen molar-refractivity contribution in [1.82, 2.24) is 24.8 Å². The molecule has 0 spiro atoms. The summed E-state index contributed by atoms with van der Waals surface area (Å²) in [4.78, 5) is 42.5. The normalized spacial score (nSPS) is 16.7. The van der Waals surface area contributed by atoms with Gasteiger partial charge in [0.15, 0.2) is 5.82 Å². The highest BCUT2D eigenvalue weighted by atomic mass is 32.1. The smallest absolute Gasteiger partial charge is 0.266 e. The maximum Gasteiger partial charge on any atom is 0.266 e. The minimum atomic E-state index is -0.183. The first-order valence-electron chi connectivity index (χ1n) is 9.39. The van der Waals surface area contributed by atoms with E-state index in [1.807, 2.05) is 17.9 Å². The Balaban J connectivity index is 1.93. The van der Waals surface area contributed by atoms with Crippen LogP contribution in [0.5, 0.6) is 0 Å². The molecule has 1 aliphatic rings. The van der Waals surface area contributed by atoms with E-state index < -0.39 is 0 Å². The van der Waals surface area contributed by atoms with E-state index in [-0.39, 0.29) is 17.9 Å². The summed E-state index contributed by atoms with van der Waals surface area (Å²) >= 11 is 1.37. The van der Waals surface area contributed by atoms with Crippen molar-refractivity contribution in [2.75, 3.05) is 26.0 Å². The average molecular weight is 403 g/mol. The fourth-order valence-electron chi connectivity index (χ4n) is 3.31. The van der Waals surface area contributed by atoms with E-state index in [0.29, 0.717) is 29.6 Å². The maximum absolute atomic E-state index is 13.1. The van der Waals surface area contributed by atoms with Gasteiger partial charge < -0.3 is 15.1 Å². The average Bonchev–Trinajstić information content (AvgIpc) is 3.12. The van der Waals surface area contributed by atoms with E-state index in [0.717, 1.165) is 30.7 Å². The first kappa shape index (κ1) is 20.2. The SMILES string of the molecule is CNc1cc(CN(C)C(C)=O)nc([C@@H]2CCCCN2C(=O)c2scnc2C)n1. The number of carbonyl (C=O) groups excluding carboxylic acids is 2. The molecular formula is C19H26N6O2S. The van der Waals surface area contributed by atoms with Gasteiger partial charge in [-0.25, -0.2) is 15.0 Å². The van der Waals surface area contributed by atoms with Gasteiger partial charge >= 0.3 is 0 Å². The van der Waals surface area contributed by atoms with E-state index in [4.69, 9.17) is 4.98 Å². The molecule has 1 aliphatic heterocycles. The zero-order valence-electron chi connectivity index (χ0n) is 16.7. The minimum Gasteiger partial charge on any atom is -0.373 e. The van der Waals surface area contributed by atoms with Crippen molar-refractivity contribution in [3.8, 4) is 0 Å². The molecule has 0 aliphatic carbocycles. The molecule has 8 nitrogen and oxygen atoms in total. The Morgan fingerprint density at radius 1 is 1.36 bits per heavy atom. The van der Waals surface area contributed by atoms with Crippen LogP contribution in [0.2, 0.25) is 0 Å². The van der Waals surface area contributed by atoms with Gasteiger partial charge in [0.05, 0.1) is 29.5 Å². The highest BCUT2D eigenvalue weighted by Crippen LogP contribution is 2.32. The molecule has 3 heterocycles. The van der Waals surface area contributed by atoms with Gasteiger partial charge in [-0.1, -0.05) is 0 Å². The number of nitrogens with zero attached hydrogens (tertiary/aromatic N) is 5. The van der Waals surface area contributed by atoms with Gasteiger partial charge in [-0.2, -0.15) is 0 Å². The lowest BCUT2D eigenvalue weighted by atomic mass is 10.0. The van der Waals surface area contributed by atoms with Crippen molar-refractivity contribution < 1.29 is 9.59 Å². The van der Waals surface area contributed by atoms with Crippen LogP contribution in [0, 0.1) is 6.92 Å². The van der Waals surface area contributed by atoms with Crippen LogP contribution in [0.3, 0.4) is 0 Å². The number of anilines is 1. The van der Waals surface area contributed by atoms with Crippen molar-refractivity contribution >= 4 is 29.0 Å². The minimum absolute atomic E-state index is 0.00874. The molecule has 0 saturated carbocycles. The fourth-order valence-corrected chi connectivity index (χ4v) is 4.07. The van der Waals surface area contributed by atoms with E-state index in [2.05, 4.69) is 15.3 Å². The third kappa shape index (κ3) is 4.30. The van der Waals surface area contributed by atoms with E-state index in [1.165, 1.54) is 18.3 Å². The lowest BCUT2D eigenvalue weighted by Gasteiger charge is -2.35. The summed E-state index contributed by atoms with van der Waals surface area (Å²) in [5, 5.41) is 3.06. The molecule has 0 bridgehead atoms. The molecule has 1 atom stereocenters. The quantitative estimate of drug-likeness (QED) is 0.827. The number of amides is 2. The number of aromatic nitrogens is 3. The van der Waals surface area contributed by atoms with Gasteiger partial charge in [0, 0.05) is 33.6 Å². The number of hydrogen-bond acceptors (Lipinski definition) is 7. The van der Waals surface area contributed by atoms with Crippen molar-refractivity contribution in [1.29, 1.82) is 0 Å². The van der Waals surface area contributed by atoms with Crippen LogP contribution in [0.25, 0.3) is 0 Å². The van der Waals surface area contributed by atoms with Crippen molar-refractivity contribution in [2.45, 2.75) is 45.7 Å². The molecule has 9 heteroatoms. The number of likely N-dealkylation sites (tertiary alicyclic amines) is 1. The molecule has 0 unspecified atom stereocenters. The number of hydrogen-bond donors (Lipinski definition) is 1. The topological polar surface area (TPSA) is 91.3 Å². The second kappa shape index (κ2) is 8.64. The fraction of sp³-hybridized carbons (Fsp3) is 0.526. The molecule has 2 aromatic heterocycles. The van der Waals surface area contributed by atoms with Crippen LogP contribution < -0.4 is 5.32 Å². The second-order valence-corrected chi connectivity index (χ2v) is 7.86. The lowest BCUT2D eigenvalue weighted by molar-refractivity contribution is -0.128. The van der Waals surface area contributed by atoms with Gasteiger partial charge in [-0.15, -0.1) is 11.3 Å². The van der Waals surface area contributed by atoms with Crippen LogP contribution in [-0.2, 0) is 11.3 Å². The molecule has 0 radical (unpaired) electrons. The van der Waals surface area contributed by atoms with E-state index in [9.17, 15) is 9.59 Å². The Morgan fingerprint density at radius 3 is 2.79 bits per heavy atom. The molecule has 0 aromatic carbocycles. The van der Waals surface area contributed by atoms with Crippen LogP contribution >= 0.6 is 11.3 Å². The molecule has 1 fully saturated rings. The van der Waals surface area contributed by atoms with Crippen molar-refractivity contribution in [2.24, 2.45) is 0 Å². The molecule has 2 amide bonds. The second-order valence-electron chi connectivity index (χ2n) is 7.00. The predicted molar refractivity (Wildman–Crippen MR) is 108 cm³/mol. The summed E-state index contributed by atoms with van der Waals surface area (Å²) in [6.45, 7) is 4.46. The standard InChI is InChI=1S/C19H26N6O2S/c1-12-17(28-11-21-12)19(27)25-8-6-5-7-15(25)18-22-14(9-16(20-3)23-18)10-24(4)13(2)26/h9,11,15H,5-8,10H2,1-4H3,(H,20,22,23)/t15-/m0/s1. The Morgan fingerprint density at radius 2 is 2.14 bits per heavy atom. The van der Waals surface area contributed by atoms with Crippen LogP contribution in [0.1, 0.15) is 59.1 Å². The number of thiazole rings is 1. The number of carbonyl (C=O) groups is 2. The van der Waals surface area contributed by atoms with E-state index >= 15 is 0 Å². The highest BCUT2D eigenvalue weighted by Gasteiger charge is 2.32. The molecule has 150 valence electrons. The molecular weight excluding hydrogens is 376 g/mol. The first-order valence-corrected chi connectivity index (χ1v) is 10.3. The third-order valence-corrected chi connectivity index (χ3v) is 5.91. The number of aryl methyl sites for hydroxylation is 1. The first-order chi connectivity index (χ1) is 13.4. The molecule has 3 rings (SSSR count). The zero-order valence-corrected chi connectivity index (χ0v) is 17.5. The molecule has 28 heavy (non-hydrogen) atoms. The molecule has 1 N–H and O–H groups in total.